The van der Waals surface area contributed by atoms with E-state index in [1.54, 1.807) is 31.2 Å². The lowest BCUT2D eigenvalue weighted by atomic mass is 10.3. The second-order valence-electron chi connectivity index (χ2n) is 5.34. The number of aromatic nitrogens is 3. The van der Waals surface area contributed by atoms with Crippen LogP contribution in [0, 0.1) is 0 Å². The van der Waals surface area contributed by atoms with Gasteiger partial charge in [0.2, 0.25) is 11.8 Å². The Morgan fingerprint density at radius 1 is 1.36 bits per heavy atom. The van der Waals surface area contributed by atoms with Crippen LogP contribution in [-0.2, 0) is 22.6 Å². The van der Waals surface area contributed by atoms with Gasteiger partial charge in [0.15, 0.2) is 5.16 Å². The second kappa shape index (κ2) is 8.87. The number of amides is 2. The average molecular weight is 382 g/mol. The molecule has 0 radical (unpaired) electrons. The number of anilines is 1. The van der Waals surface area contributed by atoms with Crippen molar-refractivity contribution in [3.63, 3.8) is 0 Å². The van der Waals surface area contributed by atoms with Crippen molar-refractivity contribution in [3.05, 3.63) is 35.1 Å². The Morgan fingerprint density at radius 2 is 2.08 bits per heavy atom. The molecule has 1 aromatic carbocycles. The number of primary amides is 1. The van der Waals surface area contributed by atoms with Gasteiger partial charge in [0.05, 0.1) is 16.0 Å². The Morgan fingerprint density at radius 3 is 2.72 bits per heavy atom. The van der Waals surface area contributed by atoms with Crippen molar-refractivity contribution in [2.45, 2.75) is 43.6 Å². The maximum Gasteiger partial charge on any atom is 0.237 e. The molecule has 9 heteroatoms. The highest BCUT2D eigenvalue weighted by atomic mass is 35.5. The van der Waals surface area contributed by atoms with Crippen LogP contribution in [0.25, 0.3) is 0 Å². The topological polar surface area (TPSA) is 103 Å². The molecule has 0 aliphatic carbocycles. The Balaban J connectivity index is 2.04. The Kier molecular flexibility index (Phi) is 6.83. The summed E-state index contributed by atoms with van der Waals surface area (Å²) in [6, 6.07) is 7.06. The maximum atomic E-state index is 12.4. The SMILES string of the molecule is CCn1c(CCC(N)=O)nnc1S[C@@H](C)C(=O)Nc1ccccc1Cl. The molecular weight excluding hydrogens is 362 g/mol. The van der Waals surface area contributed by atoms with Crippen molar-refractivity contribution in [1.29, 1.82) is 0 Å². The summed E-state index contributed by atoms with van der Waals surface area (Å²) in [6.07, 6.45) is 0.641. The zero-order valence-electron chi connectivity index (χ0n) is 14.0. The van der Waals surface area contributed by atoms with Crippen LogP contribution < -0.4 is 11.1 Å². The third-order valence-corrected chi connectivity index (χ3v) is 4.90. The average Bonchev–Trinajstić information content (AvgIpc) is 2.96. The molecular formula is C16H20ClN5O2S. The van der Waals surface area contributed by atoms with Crippen LogP contribution in [0.2, 0.25) is 5.02 Å². The summed E-state index contributed by atoms with van der Waals surface area (Å²) >= 11 is 7.36. The summed E-state index contributed by atoms with van der Waals surface area (Å²) < 4.78 is 1.88. The molecule has 0 aliphatic rings. The van der Waals surface area contributed by atoms with Crippen LogP contribution in [0.4, 0.5) is 5.69 Å². The Labute approximate surface area is 155 Å². The van der Waals surface area contributed by atoms with E-state index in [9.17, 15) is 9.59 Å². The van der Waals surface area contributed by atoms with E-state index in [1.807, 2.05) is 11.5 Å². The van der Waals surface area contributed by atoms with Crippen molar-refractivity contribution in [1.82, 2.24) is 14.8 Å². The van der Waals surface area contributed by atoms with Crippen molar-refractivity contribution >= 4 is 40.9 Å². The van der Waals surface area contributed by atoms with Gasteiger partial charge in [-0.3, -0.25) is 9.59 Å². The van der Waals surface area contributed by atoms with Crippen molar-refractivity contribution in [2.24, 2.45) is 5.73 Å². The van der Waals surface area contributed by atoms with Crippen LogP contribution in [0.15, 0.2) is 29.4 Å². The third-order valence-electron chi connectivity index (χ3n) is 3.49. The minimum atomic E-state index is -0.394. The summed E-state index contributed by atoms with van der Waals surface area (Å²) in [5.41, 5.74) is 5.75. The number of carbonyl (C=O) groups is 2. The number of carbonyl (C=O) groups excluding carboxylic acids is 2. The molecule has 2 rings (SSSR count). The summed E-state index contributed by atoms with van der Waals surface area (Å²) in [5, 5.41) is 11.8. The first-order valence-corrected chi connectivity index (χ1v) is 9.10. The minimum Gasteiger partial charge on any atom is -0.370 e. The number of hydrogen-bond acceptors (Lipinski definition) is 5. The van der Waals surface area contributed by atoms with Crippen LogP contribution in [0.5, 0.6) is 0 Å². The van der Waals surface area contributed by atoms with E-state index < -0.39 is 5.25 Å². The van der Waals surface area contributed by atoms with Gasteiger partial charge < -0.3 is 15.6 Å². The normalized spacial score (nSPS) is 12.0. The number of rotatable bonds is 8. The fraction of sp³-hybridized carbons (Fsp3) is 0.375. The number of aryl methyl sites for hydroxylation is 1. The molecule has 0 saturated carbocycles. The molecule has 0 unspecified atom stereocenters. The first-order chi connectivity index (χ1) is 11.9. The Hall–Kier alpha value is -2.06. The number of halogens is 1. The van der Waals surface area contributed by atoms with E-state index in [0.29, 0.717) is 34.7 Å². The standard InChI is InChI=1S/C16H20ClN5O2S/c1-3-22-14(9-8-13(18)23)20-21-16(22)25-10(2)15(24)19-12-7-5-4-6-11(12)17/h4-7,10H,3,8-9H2,1-2H3,(H2,18,23)(H,19,24)/t10-/m0/s1. The lowest BCUT2D eigenvalue weighted by Gasteiger charge is -2.13. The quantitative estimate of drug-likeness (QED) is 0.684. The molecule has 0 spiro atoms. The number of para-hydroxylation sites is 1. The highest BCUT2D eigenvalue weighted by Crippen LogP contribution is 2.26. The lowest BCUT2D eigenvalue weighted by Crippen LogP contribution is -2.23. The van der Waals surface area contributed by atoms with Crippen LogP contribution in [0.3, 0.4) is 0 Å². The number of thioether (sulfide) groups is 1. The van der Waals surface area contributed by atoms with Crippen LogP contribution in [0.1, 0.15) is 26.1 Å². The first-order valence-electron chi connectivity index (χ1n) is 7.84. The number of nitrogens with two attached hydrogens (primary N) is 1. The van der Waals surface area contributed by atoms with Gasteiger partial charge in [0.25, 0.3) is 0 Å². The second-order valence-corrected chi connectivity index (χ2v) is 7.05. The van der Waals surface area contributed by atoms with Gasteiger partial charge in [-0.25, -0.2) is 0 Å². The zero-order valence-corrected chi connectivity index (χ0v) is 15.6. The van der Waals surface area contributed by atoms with Crippen molar-refractivity contribution < 1.29 is 9.59 Å². The van der Waals surface area contributed by atoms with E-state index in [1.165, 1.54) is 11.8 Å². The summed E-state index contributed by atoms with van der Waals surface area (Å²) in [4.78, 5) is 23.3. The maximum absolute atomic E-state index is 12.4. The van der Waals surface area contributed by atoms with E-state index in [0.717, 1.165) is 0 Å². The van der Waals surface area contributed by atoms with Gasteiger partial charge in [-0.1, -0.05) is 35.5 Å². The van der Waals surface area contributed by atoms with Gasteiger partial charge in [0, 0.05) is 19.4 Å². The monoisotopic (exact) mass is 381 g/mol. The van der Waals surface area contributed by atoms with Crippen molar-refractivity contribution in [2.75, 3.05) is 5.32 Å². The zero-order chi connectivity index (χ0) is 18.4. The molecule has 1 heterocycles. The predicted molar refractivity (Wildman–Crippen MR) is 98.6 cm³/mol. The molecule has 2 amide bonds. The number of benzene rings is 1. The Bertz CT molecular complexity index is 765. The summed E-state index contributed by atoms with van der Waals surface area (Å²) in [7, 11) is 0. The smallest absolute Gasteiger partial charge is 0.237 e. The van der Waals surface area contributed by atoms with Gasteiger partial charge in [-0.2, -0.15) is 0 Å². The van der Waals surface area contributed by atoms with E-state index in [4.69, 9.17) is 17.3 Å². The molecule has 1 atom stereocenters. The fourth-order valence-electron chi connectivity index (χ4n) is 2.15. The van der Waals surface area contributed by atoms with E-state index in [-0.39, 0.29) is 18.2 Å². The van der Waals surface area contributed by atoms with Gasteiger partial charge in [-0.15, -0.1) is 10.2 Å². The molecule has 134 valence electrons. The van der Waals surface area contributed by atoms with Crippen molar-refractivity contribution in [3.8, 4) is 0 Å². The first kappa shape index (κ1) is 19.3. The number of nitrogens with one attached hydrogen (secondary N) is 1. The number of hydrogen-bond donors (Lipinski definition) is 2. The molecule has 0 bridgehead atoms. The lowest BCUT2D eigenvalue weighted by molar-refractivity contribution is -0.118. The van der Waals surface area contributed by atoms with Gasteiger partial charge >= 0.3 is 0 Å². The highest BCUT2D eigenvalue weighted by Gasteiger charge is 2.20. The largest absolute Gasteiger partial charge is 0.370 e. The summed E-state index contributed by atoms with van der Waals surface area (Å²) in [6.45, 7) is 4.38. The fourth-order valence-corrected chi connectivity index (χ4v) is 3.27. The van der Waals surface area contributed by atoms with Gasteiger partial charge in [0.1, 0.15) is 5.82 Å². The minimum absolute atomic E-state index is 0.178. The molecule has 3 N–H and O–H groups in total. The summed E-state index contributed by atoms with van der Waals surface area (Å²) in [5.74, 6) is 0.122. The molecule has 1 aromatic heterocycles. The highest BCUT2D eigenvalue weighted by molar-refractivity contribution is 8.00. The number of nitrogens with zero attached hydrogens (tertiary/aromatic N) is 3. The van der Waals surface area contributed by atoms with E-state index >= 15 is 0 Å². The predicted octanol–water partition coefficient (Wildman–Crippen LogP) is 2.49. The molecule has 0 aliphatic heterocycles. The molecule has 7 nitrogen and oxygen atoms in total. The molecule has 0 fully saturated rings. The molecule has 2 aromatic rings. The molecule has 25 heavy (non-hydrogen) atoms. The van der Waals surface area contributed by atoms with E-state index in [2.05, 4.69) is 15.5 Å². The third kappa shape index (κ3) is 5.20. The van der Waals surface area contributed by atoms with Crippen LogP contribution >= 0.6 is 23.4 Å². The molecule has 0 saturated heterocycles. The van der Waals surface area contributed by atoms with Gasteiger partial charge in [-0.05, 0) is 26.0 Å². The van der Waals surface area contributed by atoms with Crippen LogP contribution in [-0.4, -0.2) is 31.8 Å².